The lowest BCUT2D eigenvalue weighted by Gasteiger charge is -2.58. The van der Waals surface area contributed by atoms with Gasteiger partial charge in [0, 0.05) is 5.92 Å². The maximum absolute atomic E-state index is 11.4. The molecule has 4 aliphatic heterocycles. The van der Waals surface area contributed by atoms with Gasteiger partial charge in [-0.25, -0.2) is 0 Å². The zero-order valence-corrected chi connectivity index (χ0v) is 31.9. The molecule has 4 saturated heterocycles. The van der Waals surface area contributed by atoms with E-state index in [0.717, 1.165) is 25.2 Å². The van der Waals surface area contributed by atoms with Gasteiger partial charge >= 0.3 is 0 Å². The highest BCUT2D eigenvalue weighted by Crippen LogP contribution is 2.71. The number of thioether (sulfide) groups is 1. The van der Waals surface area contributed by atoms with Crippen LogP contribution < -0.4 is 0 Å². The molecule has 7 fully saturated rings. The molecule has 1 spiro atoms. The van der Waals surface area contributed by atoms with Crippen molar-refractivity contribution < 1.29 is 59.4 Å². The molecular weight excluding hydrogens is 692 g/mol. The highest BCUT2D eigenvalue weighted by atomic mass is 32.2. The molecule has 0 aromatic carbocycles. The van der Waals surface area contributed by atoms with Gasteiger partial charge in [0.2, 0.25) is 0 Å². The summed E-state index contributed by atoms with van der Waals surface area (Å²) in [7, 11) is 0. The average molecular weight is 755 g/mol. The van der Waals surface area contributed by atoms with Crippen LogP contribution in [0, 0.1) is 46.3 Å². The minimum Gasteiger partial charge on any atom is -0.394 e. The monoisotopic (exact) mass is 754 g/mol. The van der Waals surface area contributed by atoms with Crippen molar-refractivity contribution >= 4 is 11.8 Å². The fourth-order valence-electron chi connectivity index (χ4n) is 12.6. The lowest BCUT2D eigenvalue weighted by atomic mass is 9.47. The second-order valence-electron chi connectivity index (χ2n) is 18.3. The molecule has 8 aliphatic rings. The van der Waals surface area contributed by atoms with Gasteiger partial charge < -0.3 is 59.4 Å². The zero-order chi connectivity index (χ0) is 36.9. The Hall–Kier alpha value is -0.390. The Morgan fingerprint density at radius 1 is 0.808 bits per heavy atom. The lowest BCUT2D eigenvalue weighted by molar-refractivity contribution is -0.364. The topological polar surface area (TPSA) is 188 Å². The van der Waals surface area contributed by atoms with Gasteiger partial charge in [-0.3, -0.25) is 0 Å². The van der Waals surface area contributed by atoms with Gasteiger partial charge in [-0.2, -0.15) is 0 Å². The third kappa shape index (κ3) is 6.01. The van der Waals surface area contributed by atoms with Crippen LogP contribution in [-0.2, 0) is 23.7 Å². The predicted octanol–water partition coefficient (Wildman–Crippen LogP) is 2.08. The van der Waals surface area contributed by atoms with Crippen molar-refractivity contribution in [3.05, 3.63) is 11.6 Å². The molecule has 21 atom stereocenters. The van der Waals surface area contributed by atoms with Gasteiger partial charge in [-0.15, -0.1) is 11.8 Å². The SMILES string of the molecule is C[C@@H]1CC[C@]2(O[C@H]3C[C@H]4[C@@H]5CC=C6C[C@@H](O[C@@H]7O[C@H](CO)[C@@H](O)[C@H](O[C@@H]8O[C@H](CO)[C@H](O)[C@H](O)[C@H]8O)[C@H]7O)CC[C@]6(C)[C@H]5CC[C@]4(C)[C@H]3[C@@H]2C)SC1. The highest BCUT2D eigenvalue weighted by Gasteiger charge is 2.68. The Balaban J connectivity index is 0.938. The van der Waals surface area contributed by atoms with E-state index in [4.69, 9.17) is 23.7 Å². The number of hydrogen-bond acceptors (Lipinski definition) is 13. The molecule has 4 aliphatic carbocycles. The number of rotatable bonds is 6. The van der Waals surface area contributed by atoms with E-state index in [2.05, 4.69) is 45.5 Å². The molecule has 12 nitrogen and oxygen atoms in total. The maximum atomic E-state index is 11.4. The molecule has 3 saturated carbocycles. The van der Waals surface area contributed by atoms with Crippen molar-refractivity contribution in [1.29, 1.82) is 0 Å². The number of ether oxygens (including phenoxy) is 5. The van der Waals surface area contributed by atoms with Crippen molar-refractivity contribution in [2.24, 2.45) is 46.3 Å². The maximum Gasteiger partial charge on any atom is 0.187 e. The van der Waals surface area contributed by atoms with Crippen LogP contribution in [-0.4, -0.2) is 133 Å². The highest BCUT2D eigenvalue weighted by molar-refractivity contribution is 8.00. The summed E-state index contributed by atoms with van der Waals surface area (Å²) in [5, 5.41) is 72.9. The molecule has 7 N–H and O–H groups in total. The Labute approximate surface area is 311 Å². The van der Waals surface area contributed by atoms with Crippen molar-refractivity contribution in [1.82, 2.24) is 0 Å². The van der Waals surface area contributed by atoms with E-state index in [-0.39, 0.29) is 16.5 Å². The molecule has 0 aromatic rings. The summed E-state index contributed by atoms with van der Waals surface area (Å²) >= 11 is 2.10. The number of aliphatic hydroxyl groups is 7. The van der Waals surface area contributed by atoms with Gasteiger partial charge in [-0.1, -0.05) is 39.3 Å². The van der Waals surface area contributed by atoms with Crippen LogP contribution in [0.25, 0.3) is 0 Å². The molecule has 13 heteroatoms. The molecule has 4 heterocycles. The lowest BCUT2D eigenvalue weighted by Crippen LogP contribution is -2.65. The molecule has 0 unspecified atom stereocenters. The van der Waals surface area contributed by atoms with E-state index in [1.165, 1.54) is 43.4 Å². The first-order chi connectivity index (χ1) is 24.7. The first kappa shape index (κ1) is 38.5. The van der Waals surface area contributed by atoms with Crippen LogP contribution in [0.1, 0.15) is 85.5 Å². The van der Waals surface area contributed by atoms with E-state index >= 15 is 0 Å². The first-order valence-corrected chi connectivity index (χ1v) is 21.0. The summed E-state index contributed by atoms with van der Waals surface area (Å²) in [5.41, 5.74) is 1.77. The van der Waals surface area contributed by atoms with Crippen LogP contribution in [0.3, 0.4) is 0 Å². The summed E-state index contributed by atoms with van der Waals surface area (Å²) in [6, 6.07) is 0. The third-order valence-corrected chi connectivity index (χ3v) is 17.5. The van der Waals surface area contributed by atoms with Crippen LogP contribution in [0.15, 0.2) is 11.6 Å². The van der Waals surface area contributed by atoms with Gasteiger partial charge in [0.15, 0.2) is 12.6 Å². The molecule has 0 bridgehead atoms. The molecule has 8 rings (SSSR count). The van der Waals surface area contributed by atoms with Crippen LogP contribution in [0.4, 0.5) is 0 Å². The summed E-state index contributed by atoms with van der Waals surface area (Å²) < 4.78 is 30.7. The van der Waals surface area contributed by atoms with E-state index in [1.807, 2.05) is 0 Å². The van der Waals surface area contributed by atoms with Crippen LogP contribution in [0.5, 0.6) is 0 Å². The normalized spacial score (nSPS) is 57.5. The summed E-state index contributed by atoms with van der Waals surface area (Å²) in [6.45, 7) is 8.68. The molecule has 52 heavy (non-hydrogen) atoms. The molecule has 0 amide bonds. The Kier molecular flexibility index (Phi) is 10.5. The van der Waals surface area contributed by atoms with Crippen molar-refractivity contribution in [3.63, 3.8) is 0 Å². The van der Waals surface area contributed by atoms with Crippen LogP contribution in [0.2, 0.25) is 0 Å². The zero-order valence-electron chi connectivity index (χ0n) is 31.0. The minimum absolute atomic E-state index is 0.00760. The van der Waals surface area contributed by atoms with Crippen molar-refractivity contribution in [3.8, 4) is 0 Å². The van der Waals surface area contributed by atoms with E-state index in [0.29, 0.717) is 47.5 Å². The molecule has 296 valence electrons. The van der Waals surface area contributed by atoms with Crippen molar-refractivity contribution in [2.75, 3.05) is 19.0 Å². The number of hydrogen-bond donors (Lipinski definition) is 7. The van der Waals surface area contributed by atoms with E-state index in [9.17, 15) is 35.7 Å². The fraction of sp³-hybridized carbons (Fsp3) is 0.949. The third-order valence-electron chi connectivity index (χ3n) is 15.6. The van der Waals surface area contributed by atoms with Crippen LogP contribution >= 0.6 is 11.8 Å². The second kappa shape index (κ2) is 14.2. The quantitative estimate of drug-likeness (QED) is 0.196. The predicted molar refractivity (Wildman–Crippen MR) is 189 cm³/mol. The minimum atomic E-state index is -1.72. The van der Waals surface area contributed by atoms with E-state index in [1.54, 1.807) is 0 Å². The standard InChI is InChI=1S/C39H62O12S/c1-18-7-12-39(52-17-18)19(2)28-25(51-39)14-24-22-6-5-20-13-21(8-10-37(20,3)23(22)9-11-38(24,28)4)47-36-33(46)34(30(43)27(16-41)49-36)50-35-32(45)31(44)29(42)26(15-40)48-35/h5,18-19,21-36,40-46H,6-17H2,1-4H3/t18-,19+,21+,22-,23+,24+,25+,26-,27-,28+,29+,30-,31+,32-,33-,34+,35+,36-,37+,38+,39+/m1/s1. The van der Waals surface area contributed by atoms with Gasteiger partial charge in [0.25, 0.3) is 0 Å². The van der Waals surface area contributed by atoms with Gasteiger partial charge in [0.05, 0.1) is 25.4 Å². The summed E-state index contributed by atoms with van der Waals surface area (Å²) in [4.78, 5) is 0.00760. The average Bonchev–Trinajstić information content (AvgIpc) is 3.58. The number of fused-ring (bicyclic) bond motifs is 7. The Bertz CT molecular complexity index is 1330. The number of allylic oxidation sites excluding steroid dienone is 1. The van der Waals surface area contributed by atoms with Gasteiger partial charge in [0.1, 0.15) is 53.8 Å². The molecule has 0 aromatic heterocycles. The fourth-order valence-corrected chi connectivity index (χ4v) is 14.2. The first-order valence-electron chi connectivity index (χ1n) is 20.0. The Morgan fingerprint density at radius 3 is 2.21 bits per heavy atom. The largest absolute Gasteiger partial charge is 0.394 e. The Morgan fingerprint density at radius 2 is 1.52 bits per heavy atom. The van der Waals surface area contributed by atoms with Crippen molar-refractivity contribution in [2.45, 2.75) is 164 Å². The molecule has 0 radical (unpaired) electrons. The second-order valence-corrected chi connectivity index (χ2v) is 19.6. The number of aliphatic hydroxyl groups excluding tert-OH is 7. The van der Waals surface area contributed by atoms with E-state index < -0.39 is 74.6 Å². The molecular formula is C39H62O12S. The summed E-state index contributed by atoms with van der Waals surface area (Å²) in [5.74, 6) is 5.07. The summed E-state index contributed by atoms with van der Waals surface area (Å²) in [6.07, 6.45) is -2.53. The smallest absolute Gasteiger partial charge is 0.187 e. The van der Waals surface area contributed by atoms with Gasteiger partial charge in [-0.05, 0) is 104 Å².